The quantitative estimate of drug-likeness (QED) is 0.254. The van der Waals surface area contributed by atoms with Gasteiger partial charge < -0.3 is 9.47 Å². The minimum absolute atomic E-state index is 0.152. The largest absolute Gasteiger partial charge is 0.447 e. The molecule has 0 spiro atoms. The Morgan fingerprint density at radius 1 is 1.15 bits per heavy atom. The number of benzene rings is 2. The molecule has 4 rings (SSSR count). The number of para-hydroxylation sites is 1. The molecule has 10 heteroatoms. The Balaban J connectivity index is 1.94. The van der Waals surface area contributed by atoms with E-state index < -0.39 is 6.23 Å². The Morgan fingerprint density at radius 3 is 2.67 bits per heavy atom. The average molecular weight is 529 g/mol. The molecule has 0 aliphatic carbocycles. The van der Waals surface area contributed by atoms with E-state index >= 15 is 0 Å². The van der Waals surface area contributed by atoms with Gasteiger partial charge in [-0.1, -0.05) is 59.7 Å². The molecule has 3 aromatic rings. The lowest BCUT2D eigenvalue weighted by Gasteiger charge is -2.31. The predicted octanol–water partition coefficient (Wildman–Crippen LogP) is 5.17. The first-order valence-electron chi connectivity index (χ1n) is 10.3. The van der Waals surface area contributed by atoms with Crippen molar-refractivity contribution < 1.29 is 19.1 Å². The van der Waals surface area contributed by atoms with Crippen LogP contribution in [0, 0.1) is 0 Å². The summed E-state index contributed by atoms with van der Waals surface area (Å²) in [5.74, 6) is 0.113. The van der Waals surface area contributed by atoms with E-state index in [1.54, 1.807) is 36.9 Å². The SMILES string of the molecule is CCC(=O)Oc1ccc(Br)c([C@H]2Oc3nc(SC)nnc3-c3ccccc3N2C(=O)CC)c1. The molecule has 0 radical (unpaired) electrons. The zero-order valence-corrected chi connectivity index (χ0v) is 20.6. The highest BCUT2D eigenvalue weighted by molar-refractivity contribution is 9.10. The standard InChI is InChI=1S/C23H21BrN4O4S/c1-4-18(29)28-17-9-7-6-8-14(17)20-21(25-23(33-3)27-26-20)32-22(28)15-12-13(10-11-16(15)24)31-19(30)5-2/h6-12,22H,4-5H2,1-3H3/t22-/m1/s1. The number of fused-ring (bicyclic) bond motifs is 3. The fourth-order valence-electron chi connectivity index (χ4n) is 3.42. The highest BCUT2D eigenvalue weighted by atomic mass is 79.9. The molecule has 0 N–H and O–H groups in total. The third-order valence-electron chi connectivity index (χ3n) is 5.02. The van der Waals surface area contributed by atoms with E-state index in [1.807, 2.05) is 30.5 Å². The van der Waals surface area contributed by atoms with Gasteiger partial charge >= 0.3 is 5.97 Å². The molecule has 0 bridgehead atoms. The summed E-state index contributed by atoms with van der Waals surface area (Å²) in [7, 11) is 0. The summed E-state index contributed by atoms with van der Waals surface area (Å²) >= 11 is 4.91. The van der Waals surface area contributed by atoms with Gasteiger partial charge in [0.2, 0.25) is 23.2 Å². The molecule has 1 aliphatic rings. The molecule has 1 aliphatic heterocycles. The number of aromatic nitrogens is 3. The molecule has 0 saturated carbocycles. The second kappa shape index (κ2) is 9.88. The van der Waals surface area contributed by atoms with Crippen LogP contribution in [0.5, 0.6) is 11.6 Å². The first kappa shape index (κ1) is 23.2. The highest BCUT2D eigenvalue weighted by Gasteiger charge is 2.36. The number of thioether (sulfide) groups is 1. The lowest BCUT2D eigenvalue weighted by Crippen LogP contribution is -2.37. The maximum Gasteiger partial charge on any atom is 0.310 e. The van der Waals surface area contributed by atoms with Crippen molar-refractivity contribution in [3.8, 4) is 22.9 Å². The Labute approximate surface area is 203 Å². The average Bonchev–Trinajstić information content (AvgIpc) is 2.98. The minimum Gasteiger partial charge on any atom is -0.447 e. The number of esters is 1. The minimum atomic E-state index is -0.888. The van der Waals surface area contributed by atoms with Gasteiger partial charge in [-0.25, -0.2) is 0 Å². The van der Waals surface area contributed by atoms with Crippen molar-refractivity contribution in [3.05, 3.63) is 52.5 Å². The van der Waals surface area contributed by atoms with E-state index in [2.05, 4.69) is 31.1 Å². The second-order valence-electron chi connectivity index (χ2n) is 7.07. The van der Waals surface area contributed by atoms with Crippen LogP contribution < -0.4 is 14.4 Å². The molecule has 170 valence electrons. The maximum absolute atomic E-state index is 13.2. The predicted molar refractivity (Wildman–Crippen MR) is 128 cm³/mol. The molecule has 33 heavy (non-hydrogen) atoms. The first-order valence-corrected chi connectivity index (χ1v) is 12.4. The van der Waals surface area contributed by atoms with Gasteiger partial charge in [0.1, 0.15) is 5.75 Å². The normalized spacial score (nSPS) is 14.5. The van der Waals surface area contributed by atoms with Crippen LogP contribution >= 0.6 is 27.7 Å². The molecular weight excluding hydrogens is 508 g/mol. The third kappa shape index (κ3) is 4.58. The summed E-state index contributed by atoms with van der Waals surface area (Å²) in [5.41, 5.74) is 2.37. The number of halogens is 1. The molecule has 0 fully saturated rings. The molecule has 1 amide bonds. The van der Waals surface area contributed by atoms with Crippen LogP contribution in [0.4, 0.5) is 5.69 Å². The van der Waals surface area contributed by atoms with Crippen LogP contribution in [0.1, 0.15) is 38.5 Å². The summed E-state index contributed by atoms with van der Waals surface area (Å²) in [4.78, 5) is 31.2. The lowest BCUT2D eigenvalue weighted by atomic mass is 10.1. The monoisotopic (exact) mass is 528 g/mol. The van der Waals surface area contributed by atoms with Gasteiger partial charge in [-0.2, -0.15) is 4.98 Å². The summed E-state index contributed by atoms with van der Waals surface area (Å²) in [6.07, 6.45) is 1.45. The first-order chi connectivity index (χ1) is 16.0. The van der Waals surface area contributed by atoms with E-state index in [0.717, 1.165) is 0 Å². The number of hydrogen-bond acceptors (Lipinski definition) is 8. The van der Waals surface area contributed by atoms with Crippen molar-refractivity contribution in [2.75, 3.05) is 11.2 Å². The number of carbonyl (C=O) groups is 2. The molecule has 1 atom stereocenters. The van der Waals surface area contributed by atoms with Gasteiger partial charge in [-0.15, -0.1) is 10.2 Å². The zero-order chi connectivity index (χ0) is 23.5. The van der Waals surface area contributed by atoms with Crippen molar-refractivity contribution in [2.45, 2.75) is 38.1 Å². The summed E-state index contributed by atoms with van der Waals surface area (Å²) < 4.78 is 12.5. The second-order valence-corrected chi connectivity index (χ2v) is 8.70. The summed E-state index contributed by atoms with van der Waals surface area (Å²) in [6.45, 7) is 3.51. The van der Waals surface area contributed by atoms with E-state index in [9.17, 15) is 9.59 Å². The van der Waals surface area contributed by atoms with Crippen LogP contribution in [-0.4, -0.2) is 33.3 Å². The Morgan fingerprint density at radius 2 is 1.94 bits per heavy atom. The van der Waals surface area contributed by atoms with Crippen molar-refractivity contribution in [2.24, 2.45) is 0 Å². The number of rotatable bonds is 5. The fraction of sp³-hybridized carbons (Fsp3) is 0.261. The van der Waals surface area contributed by atoms with E-state index in [0.29, 0.717) is 37.9 Å². The van der Waals surface area contributed by atoms with Crippen LogP contribution in [-0.2, 0) is 9.59 Å². The fourth-order valence-corrected chi connectivity index (χ4v) is 4.16. The van der Waals surface area contributed by atoms with Crippen LogP contribution in [0.3, 0.4) is 0 Å². The third-order valence-corrected chi connectivity index (χ3v) is 6.28. The Bertz CT molecular complexity index is 1220. The summed E-state index contributed by atoms with van der Waals surface area (Å²) in [5, 5.41) is 8.97. The molecule has 2 heterocycles. The molecular formula is C23H21BrN4O4S. The highest BCUT2D eigenvalue weighted by Crippen LogP contribution is 2.45. The van der Waals surface area contributed by atoms with E-state index in [1.165, 1.54) is 11.8 Å². The van der Waals surface area contributed by atoms with Crippen molar-refractivity contribution in [1.29, 1.82) is 0 Å². The molecule has 8 nitrogen and oxygen atoms in total. The van der Waals surface area contributed by atoms with Crippen LogP contribution in [0.15, 0.2) is 52.1 Å². The van der Waals surface area contributed by atoms with Crippen molar-refractivity contribution >= 4 is 45.3 Å². The smallest absolute Gasteiger partial charge is 0.310 e. The Hall–Kier alpha value is -2.98. The summed E-state index contributed by atoms with van der Waals surface area (Å²) in [6, 6.07) is 12.5. The number of carbonyl (C=O) groups excluding carboxylic acids is 2. The lowest BCUT2D eigenvalue weighted by molar-refractivity contribution is -0.134. The number of anilines is 1. The van der Waals surface area contributed by atoms with Gasteiger partial charge in [0, 0.05) is 28.4 Å². The van der Waals surface area contributed by atoms with Gasteiger partial charge in [0.15, 0.2) is 5.69 Å². The number of hydrogen-bond donors (Lipinski definition) is 0. The number of nitrogens with zero attached hydrogens (tertiary/aromatic N) is 4. The van der Waals surface area contributed by atoms with Crippen molar-refractivity contribution in [3.63, 3.8) is 0 Å². The van der Waals surface area contributed by atoms with E-state index in [-0.39, 0.29) is 30.6 Å². The Kier molecular flexibility index (Phi) is 6.94. The van der Waals surface area contributed by atoms with E-state index in [4.69, 9.17) is 9.47 Å². The molecule has 0 unspecified atom stereocenters. The molecule has 1 aromatic heterocycles. The van der Waals surface area contributed by atoms with Gasteiger partial charge in [-0.05, 0) is 30.5 Å². The van der Waals surface area contributed by atoms with Crippen LogP contribution in [0.25, 0.3) is 11.3 Å². The maximum atomic E-state index is 13.2. The van der Waals surface area contributed by atoms with Crippen LogP contribution in [0.2, 0.25) is 0 Å². The van der Waals surface area contributed by atoms with Gasteiger partial charge in [-0.3, -0.25) is 14.5 Å². The zero-order valence-electron chi connectivity index (χ0n) is 18.2. The molecule has 2 aromatic carbocycles. The van der Waals surface area contributed by atoms with Gasteiger partial charge in [0.25, 0.3) is 0 Å². The molecule has 0 saturated heterocycles. The van der Waals surface area contributed by atoms with Gasteiger partial charge in [0.05, 0.1) is 5.69 Å². The number of amides is 1. The number of ether oxygens (including phenoxy) is 2. The van der Waals surface area contributed by atoms with Crippen molar-refractivity contribution in [1.82, 2.24) is 15.2 Å². The topological polar surface area (TPSA) is 94.5 Å².